The molecule has 0 aliphatic rings. The van der Waals surface area contributed by atoms with Gasteiger partial charge in [-0.3, -0.25) is 0 Å². The molecule has 9 heavy (non-hydrogen) atoms. The Kier molecular flexibility index (Phi) is 1.48. The van der Waals surface area contributed by atoms with Gasteiger partial charge in [0.1, 0.15) is 0 Å². The molecule has 0 bridgehead atoms. The number of aliphatic imine (C=N–C) groups is 1. The lowest BCUT2D eigenvalue weighted by Gasteiger charge is -1.71. The third-order valence-electron chi connectivity index (χ3n) is 0.707. The molecule has 0 fully saturated rings. The number of aromatic nitrogens is 2. The van der Waals surface area contributed by atoms with Gasteiger partial charge in [-0.25, -0.2) is 0 Å². The summed E-state index contributed by atoms with van der Waals surface area (Å²) in [4.78, 5) is 7.31. The van der Waals surface area contributed by atoms with Crippen molar-refractivity contribution < 1.29 is 4.52 Å². The van der Waals surface area contributed by atoms with Crippen LogP contribution in [0.5, 0.6) is 0 Å². The summed E-state index contributed by atoms with van der Waals surface area (Å²) in [7, 11) is 1.68. The maximum absolute atomic E-state index is 4.96. The molecule has 46 valence electrons. The van der Waals surface area contributed by atoms with Gasteiger partial charge in [0.15, 0.2) is 5.79 Å². The zero-order chi connectivity index (χ0) is 6.69. The van der Waals surface area contributed by atoms with Crippen molar-refractivity contribution in [2.45, 2.75) is 0 Å². The number of nitrogens with zero attached hydrogens (tertiary/aromatic N) is 3. The molecule has 2 N–H and O–H groups in total. The Balaban J connectivity index is 2.85. The van der Waals surface area contributed by atoms with Crippen LogP contribution in [0.2, 0.25) is 0 Å². The lowest BCUT2D eigenvalue weighted by atomic mass is 10.2. The summed E-state index contributed by atoms with van der Waals surface area (Å²) in [6.45, 7) is 0. The predicted molar refractivity (Wildman–Crippen MR) is 34.8 cm³/mol. The standard InChI is InChI=1S/C3H5BN4O/c4-2-7-3(6-1-5)8-9-2/h1H,4H2,(H2,5,6,8). The van der Waals surface area contributed by atoms with Crippen molar-refractivity contribution in [2.24, 2.45) is 10.7 Å². The Morgan fingerprint density at radius 3 is 3.00 bits per heavy atom. The maximum atomic E-state index is 4.96. The Morgan fingerprint density at radius 1 is 1.78 bits per heavy atom. The summed E-state index contributed by atoms with van der Waals surface area (Å²) in [6.07, 6.45) is 1.12. The summed E-state index contributed by atoms with van der Waals surface area (Å²) in [6, 6.07) is 0. The first-order chi connectivity index (χ1) is 4.33. The first kappa shape index (κ1) is 5.81. The van der Waals surface area contributed by atoms with Crippen molar-refractivity contribution in [3.8, 4) is 0 Å². The van der Waals surface area contributed by atoms with E-state index in [4.69, 9.17) is 5.73 Å². The van der Waals surface area contributed by atoms with Crippen molar-refractivity contribution in [3.63, 3.8) is 0 Å². The van der Waals surface area contributed by atoms with Crippen LogP contribution in [0.15, 0.2) is 9.52 Å². The summed E-state index contributed by atoms with van der Waals surface area (Å²) < 4.78 is 4.59. The molecule has 0 unspecified atom stereocenters. The van der Waals surface area contributed by atoms with E-state index >= 15 is 0 Å². The average molecular weight is 124 g/mol. The molecule has 0 saturated carbocycles. The molecule has 0 saturated heterocycles. The van der Waals surface area contributed by atoms with Crippen LogP contribution in [-0.4, -0.2) is 24.3 Å². The van der Waals surface area contributed by atoms with Crippen LogP contribution in [0.25, 0.3) is 0 Å². The quantitative estimate of drug-likeness (QED) is 0.265. The van der Waals surface area contributed by atoms with E-state index in [-0.39, 0.29) is 5.95 Å². The van der Waals surface area contributed by atoms with Gasteiger partial charge in [0, 0.05) is 0 Å². The molecule has 0 spiro atoms. The monoisotopic (exact) mass is 124 g/mol. The van der Waals surface area contributed by atoms with E-state index in [2.05, 4.69) is 19.7 Å². The van der Waals surface area contributed by atoms with Gasteiger partial charge in [0.05, 0.1) is 6.34 Å². The predicted octanol–water partition coefficient (Wildman–Crippen LogP) is -2.05. The fourth-order valence-corrected chi connectivity index (χ4v) is 0.408. The summed E-state index contributed by atoms with van der Waals surface area (Å²) in [5, 5.41) is 3.44. The van der Waals surface area contributed by atoms with Gasteiger partial charge in [-0.1, -0.05) is 0 Å². The Bertz CT molecular complexity index is 219. The lowest BCUT2D eigenvalue weighted by molar-refractivity contribution is 0.447. The van der Waals surface area contributed by atoms with Crippen molar-refractivity contribution in [3.05, 3.63) is 0 Å². The van der Waals surface area contributed by atoms with Crippen molar-refractivity contribution in [1.82, 2.24) is 10.1 Å². The Hall–Kier alpha value is -1.33. The summed E-state index contributed by atoms with van der Waals surface area (Å²) in [5.41, 5.74) is 4.96. The molecular formula is C3H5BN4O. The van der Waals surface area contributed by atoms with Gasteiger partial charge >= 0.3 is 0 Å². The fourth-order valence-electron chi connectivity index (χ4n) is 0.408. The molecule has 1 aromatic rings. The van der Waals surface area contributed by atoms with Crippen LogP contribution in [-0.2, 0) is 0 Å². The van der Waals surface area contributed by atoms with Crippen molar-refractivity contribution >= 4 is 25.9 Å². The molecule has 1 rings (SSSR count). The summed E-state index contributed by atoms with van der Waals surface area (Å²) >= 11 is 0. The molecule has 0 radical (unpaired) electrons. The zero-order valence-corrected chi connectivity index (χ0v) is 4.90. The van der Waals surface area contributed by atoms with Crippen LogP contribution in [0.4, 0.5) is 5.95 Å². The highest BCUT2D eigenvalue weighted by atomic mass is 16.5. The molecule has 5 nitrogen and oxygen atoms in total. The highest BCUT2D eigenvalue weighted by Crippen LogP contribution is 1.94. The van der Waals surface area contributed by atoms with E-state index in [1.807, 2.05) is 0 Å². The molecule has 6 heteroatoms. The minimum atomic E-state index is 0.259. The molecule has 1 aromatic heterocycles. The number of hydrogen-bond donors (Lipinski definition) is 1. The maximum Gasteiger partial charge on any atom is 0.290 e. The van der Waals surface area contributed by atoms with Crippen molar-refractivity contribution in [2.75, 3.05) is 0 Å². The van der Waals surface area contributed by atoms with E-state index in [1.54, 1.807) is 7.85 Å². The van der Waals surface area contributed by atoms with E-state index in [1.165, 1.54) is 0 Å². The molecular weight excluding hydrogens is 119 g/mol. The second kappa shape index (κ2) is 2.30. The highest BCUT2D eigenvalue weighted by molar-refractivity contribution is 6.28. The van der Waals surface area contributed by atoms with Crippen molar-refractivity contribution in [1.29, 1.82) is 0 Å². The third kappa shape index (κ3) is 1.28. The SMILES string of the molecule is Bc1nc(/N=C/N)no1. The molecule has 0 aliphatic heterocycles. The molecule has 1 heterocycles. The van der Waals surface area contributed by atoms with Gasteiger partial charge < -0.3 is 10.3 Å². The van der Waals surface area contributed by atoms with E-state index in [0.29, 0.717) is 5.79 Å². The van der Waals surface area contributed by atoms with Crippen LogP contribution < -0.4 is 11.5 Å². The van der Waals surface area contributed by atoms with E-state index < -0.39 is 0 Å². The minimum absolute atomic E-state index is 0.259. The second-order valence-electron chi connectivity index (χ2n) is 1.39. The topological polar surface area (TPSA) is 77.3 Å². The first-order valence-electron chi connectivity index (χ1n) is 2.37. The minimum Gasteiger partial charge on any atom is -0.390 e. The summed E-state index contributed by atoms with van der Waals surface area (Å²) in [5.74, 6) is 0.741. The van der Waals surface area contributed by atoms with Gasteiger partial charge in [0.25, 0.3) is 5.95 Å². The number of nitrogens with two attached hydrogens (primary N) is 1. The second-order valence-corrected chi connectivity index (χ2v) is 1.39. The van der Waals surface area contributed by atoms with Crippen LogP contribution >= 0.6 is 0 Å². The van der Waals surface area contributed by atoms with Gasteiger partial charge in [-0.15, -0.1) is 0 Å². The molecule has 0 amide bonds. The number of hydrogen-bond acceptors (Lipinski definition) is 4. The lowest BCUT2D eigenvalue weighted by Crippen LogP contribution is -1.99. The molecule has 0 atom stereocenters. The number of rotatable bonds is 1. The third-order valence-corrected chi connectivity index (χ3v) is 0.707. The van der Waals surface area contributed by atoms with Crippen LogP contribution in [0.1, 0.15) is 0 Å². The molecule has 0 aromatic carbocycles. The van der Waals surface area contributed by atoms with Gasteiger partial charge in [-0.2, -0.15) is 9.98 Å². The van der Waals surface area contributed by atoms with E-state index in [0.717, 1.165) is 6.34 Å². The fraction of sp³-hybridized carbons (Fsp3) is 0. The average Bonchev–Trinajstić information content (AvgIpc) is 2.17. The van der Waals surface area contributed by atoms with Crippen LogP contribution in [0.3, 0.4) is 0 Å². The zero-order valence-electron chi connectivity index (χ0n) is 4.90. The smallest absolute Gasteiger partial charge is 0.290 e. The molecule has 0 aliphatic carbocycles. The Morgan fingerprint density at radius 2 is 2.56 bits per heavy atom. The highest BCUT2D eigenvalue weighted by Gasteiger charge is 1.95. The van der Waals surface area contributed by atoms with Gasteiger partial charge in [-0.05, 0) is 5.16 Å². The largest absolute Gasteiger partial charge is 0.390 e. The van der Waals surface area contributed by atoms with E-state index in [9.17, 15) is 0 Å². The first-order valence-corrected chi connectivity index (χ1v) is 2.37. The normalized spacial score (nSPS) is 10.7. The van der Waals surface area contributed by atoms with Gasteiger partial charge in [0.2, 0.25) is 7.85 Å². The Labute approximate surface area is 52.4 Å². The van der Waals surface area contributed by atoms with Crippen LogP contribution in [0, 0.1) is 0 Å².